The summed E-state index contributed by atoms with van der Waals surface area (Å²) in [5.41, 5.74) is 0.384. The van der Waals surface area contributed by atoms with Crippen molar-refractivity contribution in [2.45, 2.75) is 50.4 Å². The van der Waals surface area contributed by atoms with Crippen molar-refractivity contribution in [1.29, 1.82) is 0 Å². The number of nitrogens with zero attached hydrogens (tertiary/aromatic N) is 1. The van der Waals surface area contributed by atoms with Gasteiger partial charge in [0, 0.05) is 12.8 Å². The Morgan fingerprint density at radius 1 is 1.41 bits per heavy atom. The molecule has 1 N–H and O–H groups in total. The molecule has 3 nitrogen and oxygen atoms in total. The molecular formula is C13H16FNO2. The molecule has 0 aromatic carbocycles. The van der Waals surface area contributed by atoms with E-state index in [1.165, 1.54) is 12.3 Å². The molecule has 0 amide bonds. The minimum atomic E-state index is -0.943. The summed E-state index contributed by atoms with van der Waals surface area (Å²) in [4.78, 5) is 4.09. The molecule has 1 aromatic heterocycles. The minimum absolute atomic E-state index is 0.130. The smallest absolute Gasteiger partial charge is 0.141 e. The van der Waals surface area contributed by atoms with Gasteiger partial charge in [-0.3, -0.25) is 4.98 Å². The second-order valence-electron chi connectivity index (χ2n) is 5.22. The molecule has 0 saturated carbocycles. The maximum absolute atomic E-state index is 13.0. The average molecular weight is 237 g/mol. The topological polar surface area (TPSA) is 42.4 Å². The van der Waals surface area contributed by atoms with Gasteiger partial charge in [0.15, 0.2) is 0 Å². The Labute approximate surface area is 99.6 Å². The molecule has 3 heterocycles. The number of aliphatic hydroxyl groups is 1. The predicted molar refractivity (Wildman–Crippen MR) is 60.0 cm³/mol. The monoisotopic (exact) mass is 237 g/mol. The van der Waals surface area contributed by atoms with E-state index in [0.717, 1.165) is 12.8 Å². The van der Waals surface area contributed by atoms with Crippen LogP contribution in [0.2, 0.25) is 0 Å². The number of hydrogen-bond acceptors (Lipinski definition) is 3. The van der Waals surface area contributed by atoms with Crippen LogP contribution in [0.4, 0.5) is 4.39 Å². The molecule has 0 aliphatic carbocycles. The Morgan fingerprint density at radius 2 is 2.06 bits per heavy atom. The molecule has 0 radical (unpaired) electrons. The van der Waals surface area contributed by atoms with Gasteiger partial charge >= 0.3 is 0 Å². The number of aromatic nitrogens is 1. The van der Waals surface area contributed by atoms with Crippen molar-refractivity contribution < 1.29 is 14.2 Å². The lowest BCUT2D eigenvalue weighted by atomic mass is 9.85. The van der Waals surface area contributed by atoms with Crippen molar-refractivity contribution in [3.05, 3.63) is 29.3 Å². The quantitative estimate of drug-likeness (QED) is 0.813. The van der Waals surface area contributed by atoms with Gasteiger partial charge in [-0.05, 0) is 31.4 Å². The first-order valence-electron chi connectivity index (χ1n) is 6.07. The molecule has 2 aliphatic heterocycles. The van der Waals surface area contributed by atoms with Crippen molar-refractivity contribution in [2.75, 3.05) is 0 Å². The van der Waals surface area contributed by atoms with Crippen LogP contribution in [0, 0.1) is 12.7 Å². The highest BCUT2D eigenvalue weighted by Crippen LogP contribution is 2.43. The second-order valence-corrected chi connectivity index (χ2v) is 5.22. The largest absolute Gasteiger partial charge is 0.383 e. The summed E-state index contributed by atoms with van der Waals surface area (Å²) in [6.45, 7) is 1.79. The number of ether oxygens (including phenoxy) is 1. The van der Waals surface area contributed by atoms with Gasteiger partial charge < -0.3 is 9.84 Å². The molecule has 2 aliphatic rings. The summed E-state index contributed by atoms with van der Waals surface area (Å²) < 4.78 is 18.8. The number of pyridine rings is 1. The standard InChI is InChI=1S/C13H16FNO2/c1-8-4-9(14)7-15-12(8)13(16)5-10-2-3-11(6-13)17-10/h4,7,10-11,16H,2-3,5-6H2,1H3. The van der Waals surface area contributed by atoms with E-state index in [1.54, 1.807) is 6.92 Å². The zero-order valence-electron chi connectivity index (χ0n) is 9.82. The number of fused-ring (bicyclic) bond motifs is 2. The third-order valence-electron chi connectivity index (χ3n) is 3.81. The highest BCUT2D eigenvalue weighted by atomic mass is 19.1. The van der Waals surface area contributed by atoms with Gasteiger partial charge in [0.2, 0.25) is 0 Å². The molecule has 3 rings (SSSR count). The Bertz CT molecular complexity index is 437. The van der Waals surface area contributed by atoms with Gasteiger partial charge in [-0.2, -0.15) is 0 Å². The maximum Gasteiger partial charge on any atom is 0.141 e. The minimum Gasteiger partial charge on any atom is -0.383 e. The summed E-state index contributed by atoms with van der Waals surface area (Å²) in [6, 6.07) is 1.43. The molecular weight excluding hydrogens is 221 g/mol. The van der Waals surface area contributed by atoms with Gasteiger partial charge in [0.25, 0.3) is 0 Å². The number of halogens is 1. The Hall–Kier alpha value is -1.00. The summed E-state index contributed by atoms with van der Waals surface area (Å²) in [6.07, 6.45) is 4.60. The fourth-order valence-electron chi connectivity index (χ4n) is 3.14. The van der Waals surface area contributed by atoms with Crippen LogP contribution < -0.4 is 0 Å². The first kappa shape index (κ1) is 11.1. The van der Waals surface area contributed by atoms with Crippen LogP contribution in [0.25, 0.3) is 0 Å². The summed E-state index contributed by atoms with van der Waals surface area (Å²) in [7, 11) is 0. The van der Waals surface area contributed by atoms with Crippen molar-refractivity contribution >= 4 is 0 Å². The molecule has 1 aromatic rings. The van der Waals surface area contributed by atoms with Crippen LogP contribution >= 0.6 is 0 Å². The van der Waals surface area contributed by atoms with Gasteiger partial charge in [-0.1, -0.05) is 0 Å². The zero-order valence-corrected chi connectivity index (χ0v) is 9.82. The van der Waals surface area contributed by atoms with E-state index < -0.39 is 5.60 Å². The third-order valence-corrected chi connectivity index (χ3v) is 3.81. The normalized spacial score (nSPS) is 36.2. The lowest BCUT2D eigenvalue weighted by Gasteiger charge is -2.36. The SMILES string of the molecule is Cc1cc(F)cnc1C1(O)CC2CCC(C1)O2. The number of hydrogen-bond donors (Lipinski definition) is 1. The fraction of sp³-hybridized carbons (Fsp3) is 0.615. The average Bonchev–Trinajstić information content (AvgIpc) is 2.58. The van der Waals surface area contributed by atoms with Crippen LogP contribution in [0.5, 0.6) is 0 Å². The van der Waals surface area contributed by atoms with Crippen molar-refractivity contribution in [3.8, 4) is 0 Å². The van der Waals surface area contributed by atoms with Gasteiger partial charge in [-0.15, -0.1) is 0 Å². The molecule has 2 bridgehead atoms. The third kappa shape index (κ3) is 1.85. The van der Waals surface area contributed by atoms with E-state index >= 15 is 0 Å². The lowest BCUT2D eigenvalue weighted by Crippen LogP contribution is -2.39. The van der Waals surface area contributed by atoms with E-state index in [9.17, 15) is 9.50 Å². The first-order valence-corrected chi connectivity index (χ1v) is 6.07. The van der Waals surface area contributed by atoms with Crippen LogP contribution in [0.15, 0.2) is 12.3 Å². The van der Waals surface area contributed by atoms with Gasteiger partial charge in [0.1, 0.15) is 11.4 Å². The van der Waals surface area contributed by atoms with E-state index in [1.807, 2.05) is 0 Å². The van der Waals surface area contributed by atoms with Crippen LogP contribution in [-0.4, -0.2) is 22.3 Å². The molecule has 4 heteroatoms. The predicted octanol–water partition coefficient (Wildman–Crippen LogP) is 2.06. The summed E-state index contributed by atoms with van der Waals surface area (Å²) in [5.74, 6) is -0.357. The van der Waals surface area contributed by atoms with E-state index in [0.29, 0.717) is 24.1 Å². The fourth-order valence-corrected chi connectivity index (χ4v) is 3.14. The number of aryl methyl sites for hydroxylation is 1. The van der Waals surface area contributed by atoms with Crippen molar-refractivity contribution in [3.63, 3.8) is 0 Å². The summed E-state index contributed by atoms with van der Waals surface area (Å²) in [5, 5.41) is 10.7. The number of rotatable bonds is 1. The molecule has 92 valence electrons. The Kier molecular flexibility index (Phi) is 2.45. The molecule has 2 atom stereocenters. The highest BCUT2D eigenvalue weighted by Gasteiger charge is 2.46. The van der Waals surface area contributed by atoms with Crippen LogP contribution in [-0.2, 0) is 10.3 Å². The van der Waals surface area contributed by atoms with Crippen molar-refractivity contribution in [2.24, 2.45) is 0 Å². The maximum atomic E-state index is 13.0. The first-order chi connectivity index (χ1) is 8.07. The van der Waals surface area contributed by atoms with E-state index in [2.05, 4.69) is 4.98 Å². The summed E-state index contributed by atoms with van der Waals surface area (Å²) >= 11 is 0. The second kappa shape index (κ2) is 3.75. The van der Waals surface area contributed by atoms with Gasteiger partial charge in [0.05, 0.1) is 24.1 Å². The Balaban J connectivity index is 1.97. The molecule has 2 saturated heterocycles. The highest BCUT2D eigenvalue weighted by molar-refractivity contribution is 5.26. The van der Waals surface area contributed by atoms with E-state index in [-0.39, 0.29) is 18.0 Å². The molecule has 0 spiro atoms. The Morgan fingerprint density at radius 3 is 2.65 bits per heavy atom. The zero-order chi connectivity index (χ0) is 12.0. The molecule has 17 heavy (non-hydrogen) atoms. The van der Waals surface area contributed by atoms with E-state index in [4.69, 9.17) is 4.74 Å². The van der Waals surface area contributed by atoms with Gasteiger partial charge in [-0.25, -0.2) is 4.39 Å². The lowest BCUT2D eigenvalue weighted by molar-refractivity contribution is -0.117. The van der Waals surface area contributed by atoms with Crippen molar-refractivity contribution in [1.82, 2.24) is 4.98 Å². The molecule has 2 fully saturated rings. The van der Waals surface area contributed by atoms with Crippen LogP contribution in [0.1, 0.15) is 36.9 Å². The molecule has 2 unspecified atom stereocenters. The van der Waals surface area contributed by atoms with Crippen LogP contribution in [0.3, 0.4) is 0 Å².